The number of hydrogen-bond donors (Lipinski definition) is 1. The molecule has 1 aliphatic carbocycles. The van der Waals surface area contributed by atoms with Crippen LogP contribution in [0.5, 0.6) is 5.75 Å². The van der Waals surface area contributed by atoms with Crippen LogP contribution >= 0.6 is 0 Å². The molecule has 2 aromatic carbocycles. The van der Waals surface area contributed by atoms with E-state index >= 15 is 0 Å². The van der Waals surface area contributed by atoms with Gasteiger partial charge in [-0.05, 0) is 67.5 Å². The van der Waals surface area contributed by atoms with Gasteiger partial charge in [-0.25, -0.2) is 4.79 Å². The molecule has 2 aliphatic rings. The summed E-state index contributed by atoms with van der Waals surface area (Å²) in [4.78, 5) is 24.6. The van der Waals surface area contributed by atoms with E-state index in [-0.39, 0.29) is 24.7 Å². The van der Waals surface area contributed by atoms with Gasteiger partial charge < -0.3 is 19.5 Å². The van der Waals surface area contributed by atoms with Crippen LogP contribution in [0, 0.1) is 0 Å². The summed E-state index contributed by atoms with van der Waals surface area (Å²) in [6.07, 6.45) is 5.18. The number of hydrogen-bond acceptors (Lipinski definition) is 5. The lowest BCUT2D eigenvalue weighted by Crippen LogP contribution is -2.34. The number of ether oxygens (including phenoxy) is 3. The fourth-order valence-corrected chi connectivity index (χ4v) is 4.01. The molecule has 2 atom stereocenters. The predicted molar refractivity (Wildman–Crippen MR) is 111 cm³/mol. The van der Waals surface area contributed by atoms with E-state index in [2.05, 4.69) is 11.4 Å². The van der Waals surface area contributed by atoms with Crippen LogP contribution < -0.4 is 10.1 Å². The first kappa shape index (κ1) is 20.4. The average Bonchev–Trinajstić information content (AvgIpc) is 3.30. The lowest BCUT2D eigenvalue weighted by atomic mass is 9.88. The molecule has 1 amide bonds. The second-order valence-electron chi connectivity index (χ2n) is 7.76. The minimum absolute atomic E-state index is 0.0265. The van der Waals surface area contributed by atoms with Crippen molar-refractivity contribution in [2.45, 2.75) is 44.2 Å². The molecule has 1 heterocycles. The highest BCUT2D eigenvalue weighted by molar-refractivity contribution is 5.91. The highest BCUT2D eigenvalue weighted by Gasteiger charge is 2.22. The number of benzene rings is 2. The molecule has 1 N–H and O–H groups in total. The lowest BCUT2D eigenvalue weighted by molar-refractivity contribution is -0.125. The Balaban J connectivity index is 1.24. The average molecular weight is 409 g/mol. The Morgan fingerprint density at radius 3 is 2.67 bits per heavy atom. The number of carbonyl (C=O) groups excluding carboxylic acids is 2. The smallest absolute Gasteiger partial charge is 0.338 e. The van der Waals surface area contributed by atoms with Gasteiger partial charge in [0.2, 0.25) is 0 Å². The minimum atomic E-state index is -0.528. The van der Waals surface area contributed by atoms with Gasteiger partial charge in [-0.1, -0.05) is 24.3 Å². The summed E-state index contributed by atoms with van der Waals surface area (Å²) in [6.45, 7) is 1.00. The molecular weight excluding hydrogens is 382 g/mol. The number of rotatable bonds is 7. The minimum Gasteiger partial charge on any atom is -0.491 e. The van der Waals surface area contributed by atoms with E-state index in [1.807, 2.05) is 18.2 Å². The summed E-state index contributed by atoms with van der Waals surface area (Å²) >= 11 is 0. The summed E-state index contributed by atoms with van der Waals surface area (Å²) < 4.78 is 16.4. The van der Waals surface area contributed by atoms with Gasteiger partial charge in [0.25, 0.3) is 5.91 Å². The van der Waals surface area contributed by atoms with E-state index in [1.165, 1.54) is 5.56 Å². The molecule has 0 bridgehead atoms. The maximum atomic E-state index is 12.3. The van der Waals surface area contributed by atoms with E-state index in [4.69, 9.17) is 14.2 Å². The zero-order valence-electron chi connectivity index (χ0n) is 17.0. The third-order valence-electron chi connectivity index (χ3n) is 5.59. The van der Waals surface area contributed by atoms with Crippen molar-refractivity contribution in [3.8, 4) is 5.75 Å². The summed E-state index contributed by atoms with van der Waals surface area (Å²) in [5, 5.41) is 2.99. The highest BCUT2D eigenvalue weighted by atomic mass is 16.5. The predicted octanol–water partition coefficient (Wildman–Crippen LogP) is 3.60. The third-order valence-corrected chi connectivity index (χ3v) is 5.59. The molecule has 6 nitrogen and oxygen atoms in total. The first-order chi connectivity index (χ1) is 14.7. The molecule has 1 saturated heterocycles. The number of fused-ring (bicyclic) bond motifs is 1. The fourth-order valence-electron chi connectivity index (χ4n) is 4.01. The van der Waals surface area contributed by atoms with Crippen LogP contribution in [-0.4, -0.2) is 37.8 Å². The van der Waals surface area contributed by atoms with Gasteiger partial charge in [0, 0.05) is 6.61 Å². The number of aryl methyl sites for hydroxylation is 1. The molecule has 0 saturated carbocycles. The lowest BCUT2D eigenvalue weighted by Gasteiger charge is -2.26. The summed E-state index contributed by atoms with van der Waals surface area (Å²) in [5.41, 5.74) is 2.81. The molecule has 1 aliphatic heterocycles. The maximum absolute atomic E-state index is 12.3. The second-order valence-corrected chi connectivity index (χ2v) is 7.76. The third kappa shape index (κ3) is 5.19. The Labute approximate surface area is 176 Å². The topological polar surface area (TPSA) is 73.9 Å². The van der Waals surface area contributed by atoms with Crippen molar-refractivity contribution in [2.75, 3.05) is 19.8 Å². The SMILES string of the molecule is O=C(COC(=O)c1ccc(OCC2CCCO2)cc1)NC1CCCc2ccccc21. The van der Waals surface area contributed by atoms with Crippen LogP contribution in [0.15, 0.2) is 48.5 Å². The van der Waals surface area contributed by atoms with E-state index in [0.29, 0.717) is 17.9 Å². The fraction of sp³-hybridized carbons (Fsp3) is 0.417. The molecule has 158 valence electrons. The summed E-state index contributed by atoms with van der Waals surface area (Å²) in [6, 6.07) is 14.9. The molecule has 2 aromatic rings. The highest BCUT2D eigenvalue weighted by Crippen LogP contribution is 2.29. The van der Waals surface area contributed by atoms with Gasteiger partial charge in [-0.15, -0.1) is 0 Å². The van der Waals surface area contributed by atoms with Crippen molar-refractivity contribution in [3.05, 3.63) is 65.2 Å². The van der Waals surface area contributed by atoms with Crippen molar-refractivity contribution in [2.24, 2.45) is 0 Å². The molecule has 1 fully saturated rings. The van der Waals surface area contributed by atoms with Gasteiger partial charge in [-0.2, -0.15) is 0 Å². The number of carbonyl (C=O) groups is 2. The van der Waals surface area contributed by atoms with Crippen LogP contribution in [0.1, 0.15) is 53.2 Å². The Bertz CT molecular complexity index is 873. The normalized spacial score (nSPS) is 20.3. The Hall–Kier alpha value is -2.86. The Morgan fingerprint density at radius 2 is 1.87 bits per heavy atom. The zero-order valence-corrected chi connectivity index (χ0v) is 17.0. The summed E-state index contributed by atoms with van der Waals surface area (Å²) in [7, 11) is 0. The Kier molecular flexibility index (Phi) is 6.64. The van der Waals surface area contributed by atoms with E-state index < -0.39 is 5.97 Å². The van der Waals surface area contributed by atoms with Gasteiger partial charge in [-0.3, -0.25) is 4.79 Å². The Morgan fingerprint density at radius 1 is 1.03 bits per heavy atom. The van der Waals surface area contributed by atoms with Gasteiger partial charge in [0.1, 0.15) is 12.4 Å². The van der Waals surface area contributed by atoms with Crippen LogP contribution in [0.4, 0.5) is 0 Å². The van der Waals surface area contributed by atoms with Crippen molar-refractivity contribution in [1.29, 1.82) is 0 Å². The molecule has 4 rings (SSSR count). The van der Waals surface area contributed by atoms with Crippen molar-refractivity contribution >= 4 is 11.9 Å². The largest absolute Gasteiger partial charge is 0.491 e. The van der Waals surface area contributed by atoms with Gasteiger partial charge in [0.15, 0.2) is 6.61 Å². The van der Waals surface area contributed by atoms with Crippen LogP contribution in [0.3, 0.4) is 0 Å². The molecule has 0 radical (unpaired) electrons. The van der Waals surface area contributed by atoms with Crippen molar-refractivity contribution < 1.29 is 23.8 Å². The van der Waals surface area contributed by atoms with Crippen molar-refractivity contribution in [3.63, 3.8) is 0 Å². The number of amides is 1. The van der Waals surface area contributed by atoms with Crippen LogP contribution in [0.25, 0.3) is 0 Å². The van der Waals surface area contributed by atoms with Gasteiger partial charge >= 0.3 is 5.97 Å². The van der Waals surface area contributed by atoms with Crippen LogP contribution in [-0.2, 0) is 20.7 Å². The molecule has 2 unspecified atom stereocenters. The van der Waals surface area contributed by atoms with Gasteiger partial charge in [0.05, 0.1) is 17.7 Å². The first-order valence-electron chi connectivity index (χ1n) is 10.6. The van der Waals surface area contributed by atoms with Crippen LogP contribution in [0.2, 0.25) is 0 Å². The molecule has 0 aromatic heterocycles. The standard InChI is InChI=1S/C24H27NO5/c26-23(25-22-9-3-6-17-5-1-2-8-21(17)22)16-30-24(27)18-10-12-19(13-11-18)29-15-20-7-4-14-28-20/h1-2,5,8,10-13,20,22H,3-4,6-7,9,14-16H2,(H,25,26). The van der Waals surface area contributed by atoms with Crippen molar-refractivity contribution in [1.82, 2.24) is 5.32 Å². The quantitative estimate of drug-likeness (QED) is 0.708. The van der Waals surface area contributed by atoms with E-state index in [1.54, 1.807) is 24.3 Å². The molecule has 6 heteroatoms. The first-order valence-corrected chi connectivity index (χ1v) is 10.6. The van der Waals surface area contributed by atoms with E-state index in [9.17, 15) is 9.59 Å². The second kappa shape index (κ2) is 9.76. The molecule has 30 heavy (non-hydrogen) atoms. The molecule has 0 spiro atoms. The maximum Gasteiger partial charge on any atom is 0.338 e. The number of esters is 1. The zero-order chi connectivity index (χ0) is 20.8. The molecular formula is C24H27NO5. The number of nitrogens with one attached hydrogen (secondary N) is 1. The monoisotopic (exact) mass is 409 g/mol. The summed E-state index contributed by atoms with van der Waals surface area (Å²) in [5.74, 6) is -0.141. The van der Waals surface area contributed by atoms with E-state index in [0.717, 1.165) is 44.3 Å².